The summed E-state index contributed by atoms with van der Waals surface area (Å²) in [7, 11) is 0. The molecule has 0 spiro atoms. The minimum absolute atomic E-state index is 0.00772. The molecule has 1 aliphatic carbocycles. The van der Waals surface area contributed by atoms with Gasteiger partial charge >= 0.3 is 0 Å². The molecule has 0 unspecified atom stereocenters. The summed E-state index contributed by atoms with van der Waals surface area (Å²) < 4.78 is 29.0. The fraction of sp³-hybridized carbons (Fsp3) is 0.571. The molecule has 1 amide bonds. The first kappa shape index (κ1) is 15.6. The molecule has 21 heavy (non-hydrogen) atoms. The van der Waals surface area contributed by atoms with E-state index in [4.69, 9.17) is 4.74 Å². The molecule has 0 aliphatic heterocycles. The topological polar surface area (TPSA) is 71.5 Å². The van der Waals surface area contributed by atoms with Crippen LogP contribution in [0.15, 0.2) is 18.3 Å². The molecule has 5 nitrogen and oxygen atoms in total. The number of pyridine rings is 1. The zero-order valence-electron chi connectivity index (χ0n) is 11.5. The van der Waals surface area contributed by atoms with Crippen molar-refractivity contribution in [2.75, 3.05) is 6.61 Å². The highest BCUT2D eigenvalue weighted by atomic mass is 19.3. The lowest BCUT2D eigenvalue weighted by molar-refractivity contribution is 0.0814. The SMILES string of the molecule is O=C(NC1CCC(O)CC1)c1cc(OCC(F)F)ccn1. The molecule has 0 aromatic carbocycles. The van der Waals surface area contributed by atoms with Crippen LogP contribution < -0.4 is 10.1 Å². The molecule has 1 aromatic rings. The summed E-state index contributed by atoms with van der Waals surface area (Å²) in [6.45, 7) is -0.717. The number of ether oxygens (including phenoxy) is 1. The quantitative estimate of drug-likeness (QED) is 0.869. The number of rotatable bonds is 5. The van der Waals surface area contributed by atoms with Gasteiger partial charge in [0, 0.05) is 18.3 Å². The molecule has 0 bridgehead atoms. The van der Waals surface area contributed by atoms with Crippen molar-refractivity contribution in [2.45, 2.75) is 44.3 Å². The Morgan fingerprint density at radius 1 is 1.43 bits per heavy atom. The van der Waals surface area contributed by atoms with Crippen LogP contribution in [0.1, 0.15) is 36.2 Å². The third-order valence-electron chi connectivity index (χ3n) is 3.37. The highest BCUT2D eigenvalue weighted by Crippen LogP contribution is 2.19. The molecular formula is C14H18F2N2O3. The van der Waals surface area contributed by atoms with Crippen molar-refractivity contribution in [1.82, 2.24) is 10.3 Å². The van der Waals surface area contributed by atoms with E-state index in [0.29, 0.717) is 25.7 Å². The van der Waals surface area contributed by atoms with Crippen LogP contribution in [-0.2, 0) is 0 Å². The summed E-state index contributed by atoms with van der Waals surface area (Å²) in [5, 5.41) is 12.2. The minimum atomic E-state index is -2.57. The molecule has 1 fully saturated rings. The Morgan fingerprint density at radius 3 is 2.81 bits per heavy atom. The van der Waals surface area contributed by atoms with Crippen LogP contribution in [0.4, 0.5) is 8.78 Å². The van der Waals surface area contributed by atoms with Crippen molar-refractivity contribution >= 4 is 5.91 Å². The first-order chi connectivity index (χ1) is 10.0. The van der Waals surface area contributed by atoms with Crippen molar-refractivity contribution in [3.05, 3.63) is 24.0 Å². The first-order valence-electron chi connectivity index (χ1n) is 6.90. The van der Waals surface area contributed by atoms with Gasteiger partial charge in [-0.15, -0.1) is 0 Å². The zero-order valence-corrected chi connectivity index (χ0v) is 11.5. The number of nitrogens with zero attached hydrogens (tertiary/aromatic N) is 1. The van der Waals surface area contributed by atoms with E-state index in [1.807, 2.05) is 0 Å². The molecule has 2 N–H and O–H groups in total. The number of hydrogen-bond acceptors (Lipinski definition) is 4. The van der Waals surface area contributed by atoms with Gasteiger partial charge in [0.2, 0.25) is 0 Å². The van der Waals surface area contributed by atoms with Gasteiger partial charge in [-0.25, -0.2) is 8.78 Å². The van der Waals surface area contributed by atoms with E-state index in [1.165, 1.54) is 18.3 Å². The van der Waals surface area contributed by atoms with Gasteiger partial charge in [0.1, 0.15) is 18.1 Å². The summed E-state index contributed by atoms with van der Waals surface area (Å²) in [5.41, 5.74) is 0.132. The molecule has 1 aromatic heterocycles. The lowest BCUT2D eigenvalue weighted by Crippen LogP contribution is -2.38. The molecule has 0 atom stereocenters. The maximum absolute atomic E-state index is 12.1. The number of aromatic nitrogens is 1. The average molecular weight is 300 g/mol. The van der Waals surface area contributed by atoms with Gasteiger partial charge in [-0.3, -0.25) is 9.78 Å². The van der Waals surface area contributed by atoms with Crippen LogP contribution in [0.3, 0.4) is 0 Å². The monoisotopic (exact) mass is 300 g/mol. The highest BCUT2D eigenvalue weighted by Gasteiger charge is 2.21. The normalized spacial score (nSPS) is 22.1. The van der Waals surface area contributed by atoms with Gasteiger partial charge in [0.05, 0.1) is 6.10 Å². The Morgan fingerprint density at radius 2 is 2.14 bits per heavy atom. The molecule has 116 valence electrons. The number of alkyl halides is 2. The van der Waals surface area contributed by atoms with Crippen LogP contribution >= 0.6 is 0 Å². The Bertz CT molecular complexity index is 477. The predicted molar refractivity (Wildman–Crippen MR) is 71.5 cm³/mol. The number of nitrogens with one attached hydrogen (secondary N) is 1. The Balaban J connectivity index is 1.91. The zero-order chi connectivity index (χ0) is 15.2. The molecular weight excluding hydrogens is 282 g/mol. The maximum Gasteiger partial charge on any atom is 0.272 e. The van der Waals surface area contributed by atoms with E-state index >= 15 is 0 Å². The van der Waals surface area contributed by atoms with Crippen molar-refractivity contribution in [2.24, 2.45) is 0 Å². The molecule has 7 heteroatoms. The fourth-order valence-electron chi connectivity index (χ4n) is 2.26. The van der Waals surface area contributed by atoms with Crippen molar-refractivity contribution < 1.29 is 23.4 Å². The lowest BCUT2D eigenvalue weighted by atomic mass is 9.93. The summed E-state index contributed by atoms with van der Waals surface area (Å²) in [4.78, 5) is 16.0. The number of carbonyl (C=O) groups excluding carboxylic acids is 1. The number of halogens is 2. The van der Waals surface area contributed by atoms with Gasteiger partial charge in [-0.05, 0) is 31.7 Å². The van der Waals surface area contributed by atoms with Crippen molar-refractivity contribution in [1.29, 1.82) is 0 Å². The molecule has 2 rings (SSSR count). The van der Waals surface area contributed by atoms with Crippen molar-refractivity contribution in [3.63, 3.8) is 0 Å². The third-order valence-corrected chi connectivity index (χ3v) is 3.37. The molecule has 1 aliphatic rings. The molecule has 1 heterocycles. The minimum Gasteiger partial charge on any atom is -0.488 e. The Labute approximate surface area is 121 Å². The Hall–Kier alpha value is -1.76. The molecule has 0 saturated heterocycles. The second-order valence-corrected chi connectivity index (χ2v) is 5.06. The summed E-state index contributed by atoms with van der Waals surface area (Å²) in [6, 6.07) is 2.78. The largest absolute Gasteiger partial charge is 0.488 e. The van der Waals surface area contributed by atoms with E-state index in [1.54, 1.807) is 0 Å². The summed E-state index contributed by atoms with van der Waals surface area (Å²) >= 11 is 0. The predicted octanol–water partition coefficient (Wildman–Crippen LogP) is 1.76. The van der Waals surface area contributed by atoms with Gasteiger partial charge in [-0.1, -0.05) is 0 Å². The standard InChI is InChI=1S/C14H18F2N2O3/c15-13(16)8-21-11-5-6-17-12(7-11)14(20)18-9-1-3-10(19)4-2-9/h5-7,9-10,13,19H,1-4,8H2,(H,18,20). The number of amides is 1. The number of hydrogen-bond donors (Lipinski definition) is 2. The van der Waals surface area contributed by atoms with Crippen LogP contribution in [0.25, 0.3) is 0 Å². The molecule has 1 saturated carbocycles. The van der Waals surface area contributed by atoms with E-state index in [2.05, 4.69) is 10.3 Å². The van der Waals surface area contributed by atoms with Crippen LogP contribution in [-0.4, -0.2) is 41.2 Å². The van der Waals surface area contributed by atoms with E-state index in [9.17, 15) is 18.7 Å². The highest BCUT2D eigenvalue weighted by molar-refractivity contribution is 5.92. The smallest absolute Gasteiger partial charge is 0.272 e. The lowest BCUT2D eigenvalue weighted by Gasteiger charge is -2.26. The fourth-order valence-corrected chi connectivity index (χ4v) is 2.26. The second-order valence-electron chi connectivity index (χ2n) is 5.06. The van der Waals surface area contributed by atoms with Gasteiger partial charge < -0.3 is 15.2 Å². The molecule has 0 radical (unpaired) electrons. The van der Waals surface area contributed by atoms with Crippen LogP contribution in [0.2, 0.25) is 0 Å². The van der Waals surface area contributed by atoms with Crippen LogP contribution in [0.5, 0.6) is 5.75 Å². The van der Waals surface area contributed by atoms with E-state index in [0.717, 1.165) is 0 Å². The average Bonchev–Trinajstić information content (AvgIpc) is 2.48. The van der Waals surface area contributed by atoms with Gasteiger partial charge in [-0.2, -0.15) is 0 Å². The van der Waals surface area contributed by atoms with E-state index in [-0.39, 0.29) is 29.5 Å². The number of aliphatic hydroxyl groups excluding tert-OH is 1. The third kappa shape index (κ3) is 4.93. The van der Waals surface area contributed by atoms with Crippen molar-refractivity contribution in [3.8, 4) is 5.75 Å². The number of carbonyl (C=O) groups is 1. The van der Waals surface area contributed by atoms with Gasteiger partial charge in [0.25, 0.3) is 12.3 Å². The first-order valence-corrected chi connectivity index (χ1v) is 6.90. The van der Waals surface area contributed by atoms with Crippen LogP contribution in [0, 0.1) is 0 Å². The maximum atomic E-state index is 12.1. The Kier molecular flexibility index (Phi) is 5.44. The van der Waals surface area contributed by atoms with Gasteiger partial charge in [0.15, 0.2) is 0 Å². The second kappa shape index (κ2) is 7.31. The summed E-state index contributed by atoms with van der Waals surface area (Å²) in [5.74, 6) is -0.173. The summed E-state index contributed by atoms with van der Waals surface area (Å²) in [6.07, 6.45) is 1.25. The number of aliphatic hydroxyl groups is 1. The van der Waals surface area contributed by atoms with E-state index < -0.39 is 13.0 Å².